The fourth-order valence-electron chi connectivity index (χ4n) is 9.08. The summed E-state index contributed by atoms with van der Waals surface area (Å²) in [4.78, 5) is 40.6. The van der Waals surface area contributed by atoms with Crippen molar-refractivity contribution in [2.75, 3.05) is 6.61 Å². The van der Waals surface area contributed by atoms with Crippen LogP contribution in [0.5, 0.6) is 0 Å². The number of carbonyl (C=O) groups is 3. The first-order valence-electron chi connectivity index (χ1n) is 15.6. The smallest absolute Gasteiger partial charge is 0.407 e. The van der Waals surface area contributed by atoms with Crippen LogP contribution >= 0.6 is 0 Å². The number of rotatable bonds is 7. The zero-order chi connectivity index (χ0) is 30.4. The van der Waals surface area contributed by atoms with Crippen molar-refractivity contribution in [2.24, 2.45) is 39.4 Å². The van der Waals surface area contributed by atoms with Gasteiger partial charge in [0.2, 0.25) is 0 Å². The van der Waals surface area contributed by atoms with E-state index in [1.165, 1.54) is 0 Å². The number of nitrogens with zero attached hydrogens (tertiary/aromatic N) is 1. The summed E-state index contributed by atoms with van der Waals surface area (Å²) in [6, 6.07) is 2.12. The molecule has 6 nitrogen and oxygen atoms in total. The molecular formula is C35H50N2O4. The number of allylic oxidation sites excluding steroid dienone is 4. The predicted molar refractivity (Wildman–Crippen MR) is 161 cm³/mol. The number of hydrogen-bond donors (Lipinski definition) is 1. The van der Waals surface area contributed by atoms with Gasteiger partial charge in [-0.1, -0.05) is 72.8 Å². The van der Waals surface area contributed by atoms with E-state index < -0.39 is 17.0 Å². The molecular weight excluding hydrogens is 512 g/mol. The summed E-state index contributed by atoms with van der Waals surface area (Å²) < 4.78 is 5.37. The van der Waals surface area contributed by atoms with Crippen LogP contribution in [0.4, 0.5) is 4.79 Å². The number of ketones is 2. The van der Waals surface area contributed by atoms with E-state index in [1.807, 2.05) is 26.8 Å². The molecule has 0 aromatic carbocycles. The second-order valence-corrected chi connectivity index (χ2v) is 15.1. The Morgan fingerprint density at radius 1 is 1.17 bits per heavy atom. The molecule has 0 aromatic rings. The van der Waals surface area contributed by atoms with Crippen LogP contribution in [0.3, 0.4) is 0 Å². The molecule has 2 unspecified atom stereocenters. The first kappa shape index (κ1) is 31.3. The van der Waals surface area contributed by atoms with Gasteiger partial charge in [-0.25, -0.2) is 4.79 Å². The second kappa shape index (κ2) is 10.9. The molecule has 0 aliphatic heterocycles. The van der Waals surface area contributed by atoms with E-state index in [0.29, 0.717) is 12.8 Å². The molecule has 0 saturated heterocycles. The number of nitriles is 1. The molecule has 41 heavy (non-hydrogen) atoms. The predicted octanol–water partition coefficient (Wildman–Crippen LogP) is 7.65. The van der Waals surface area contributed by atoms with Crippen molar-refractivity contribution in [3.8, 4) is 6.07 Å². The molecule has 0 spiro atoms. The lowest BCUT2D eigenvalue weighted by molar-refractivity contribution is -0.155. The monoisotopic (exact) mass is 562 g/mol. The SMILES string of the molecule is C=CCOC(=O)N[C@]12CCC(C)(C)CC1C1C(=O)C=C3C[C@H](C(C)(C)C(=O)/C(C#N)=C\CC)CC[C@@]3(C)[C@]1(C)CC2. The molecule has 0 aromatic heterocycles. The second-order valence-electron chi connectivity index (χ2n) is 15.1. The van der Waals surface area contributed by atoms with Crippen LogP contribution in [0.2, 0.25) is 0 Å². The molecule has 6 atom stereocenters. The minimum atomic E-state index is -0.690. The molecule has 3 saturated carbocycles. The number of carbonyl (C=O) groups excluding carboxylic acids is 3. The molecule has 0 heterocycles. The Kier molecular flexibility index (Phi) is 8.28. The molecule has 4 rings (SSSR count). The van der Waals surface area contributed by atoms with Gasteiger partial charge in [-0.2, -0.15) is 5.26 Å². The maximum atomic E-state index is 14.3. The lowest BCUT2D eigenvalue weighted by Gasteiger charge is -2.66. The van der Waals surface area contributed by atoms with Gasteiger partial charge in [-0.05, 0) is 91.9 Å². The molecule has 3 fully saturated rings. The number of ether oxygens (including phenoxy) is 1. The average Bonchev–Trinajstić information content (AvgIpc) is 2.91. The van der Waals surface area contributed by atoms with Gasteiger partial charge in [-0.3, -0.25) is 9.59 Å². The fraction of sp³-hybridized carbons (Fsp3) is 0.714. The van der Waals surface area contributed by atoms with Crippen molar-refractivity contribution in [1.82, 2.24) is 5.32 Å². The Morgan fingerprint density at radius 3 is 2.49 bits per heavy atom. The maximum Gasteiger partial charge on any atom is 0.407 e. The summed E-state index contributed by atoms with van der Waals surface area (Å²) in [6.45, 7) is 18.9. The molecule has 0 bridgehead atoms. The van der Waals surface area contributed by atoms with Crippen LogP contribution in [0.1, 0.15) is 106 Å². The van der Waals surface area contributed by atoms with Crippen molar-refractivity contribution >= 4 is 17.7 Å². The highest BCUT2D eigenvalue weighted by Gasteiger charge is 2.66. The van der Waals surface area contributed by atoms with Crippen molar-refractivity contribution < 1.29 is 19.1 Å². The molecule has 0 radical (unpaired) electrons. The van der Waals surface area contributed by atoms with Crippen molar-refractivity contribution in [1.29, 1.82) is 5.26 Å². The molecule has 1 amide bonds. The first-order valence-corrected chi connectivity index (χ1v) is 15.6. The van der Waals surface area contributed by atoms with Gasteiger partial charge >= 0.3 is 6.09 Å². The summed E-state index contributed by atoms with van der Waals surface area (Å²) in [6.07, 6.45) is 12.3. The number of Topliss-reactive ketones (excluding diaryl/α,β-unsaturated/α-hetero) is 1. The lowest BCUT2D eigenvalue weighted by Crippen LogP contribution is -2.68. The van der Waals surface area contributed by atoms with Crippen LogP contribution in [0, 0.1) is 50.7 Å². The molecule has 224 valence electrons. The summed E-state index contributed by atoms with van der Waals surface area (Å²) in [5.74, 6) is -0.0249. The third-order valence-corrected chi connectivity index (χ3v) is 12.0. The normalized spacial score (nSPS) is 36.4. The van der Waals surface area contributed by atoms with Gasteiger partial charge in [0, 0.05) is 16.9 Å². The highest BCUT2D eigenvalue weighted by molar-refractivity contribution is 6.03. The summed E-state index contributed by atoms with van der Waals surface area (Å²) in [5, 5.41) is 12.9. The number of alkyl carbamates (subject to hydrolysis) is 1. The van der Waals surface area contributed by atoms with E-state index in [2.05, 4.69) is 45.7 Å². The van der Waals surface area contributed by atoms with E-state index >= 15 is 0 Å². The van der Waals surface area contributed by atoms with Gasteiger partial charge in [0.15, 0.2) is 11.6 Å². The minimum absolute atomic E-state index is 0.0246. The largest absolute Gasteiger partial charge is 0.445 e. The summed E-state index contributed by atoms with van der Waals surface area (Å²) >= 11 is 0. The van der Waals surface area contributed by atoms with Gasteiger partial charge in [0.1, 0.15) is 12.7 Å². The lowest BCUT2D eigenvalue weighted by atomic mass is 9.38. The minimum Gasteiger partial charge on any atom is -0.445 e. The number of amides is 1. The number of hydrogen-bond acceptors (Lipinski definition) is 5. The van der Waals surface area contributed by atoms with E-state index in [1.54, 1.807) is 12.2 Å². The Balaban J connectivity index is 1.69. The van der Waals surface area contributed by atoms with E-state index in [4.69, 9.17) is 4.74 Å². The Morgan fingerprint density at radius 2 is 1.85 bits per heavy atom. The highest BCUT2D eigenvalue weighted by Crippen LogP contribution is 2.69. The van der Waals surface area contributed by atoms with Crippen molar-refractivity contribution in [2.45, 2.75) is 112 Å². The van der Waals surface area contributed by atoms with Gasteiger partial charge in [0.25, 0.3) is 0 Å². The zero-order valence-electron chi connectivity index (χ0n) is 26.3. The summed E-state index contributed by atoms with van der Waals surface area (Å²) in [5.41, 5.74) is -0.0786. The molecule has 1 N–H and O–H groups in total. The molecule has 6 heteroatoms. The highest BCUT2D eigenvalue weighted by atomic mass is 16.5. The van der Waals surface area contributed by atoms with Crippen LogP contribution in [-0.4, -0.2) is 29.8 Å². The standard InChI is InChI=1S/C35H50N2O4/c1-9-11-23(22-36)29(39)32(5,6)24-12-13-33(7)25(19-24)20-27(38)28-26-21-31(3,4)14-16-35(26,17-15-34(28,33)8)37-30(40)41-18-10-2/h10-11,20,24,26,28H,2,9,12-19,21H2,1,3-8H3,(H,37,40)/b23-11-/t24-,26?,28?,33-,34-,35+/m1/s1. The Hall–Kier alpha value is -2.68. The van der Waals surface area contributed by atoms with Crippen LogP contribution in [0.15, 0.2) is 36.0 Å². The van der Waals surface area contributed by atoms with Crippen molar-refractivity contribution in [3.05, 3.63) is 36.0 Å². The van der Waals surface area contributed by atoms with Gasteiger partial charge in [0.05, 0.1) is 5.57 Å². The Bertz CT molecular complexity index is 1220. The summed E-state index contributed by atoms with van der Waals surface area (Å²) in [7, 11) is 0. The third kappa shape index (κ3) is 5.12. The quantitative estimate of drug-likeness (QED) is 0.195. The molecule has 4 aliphatic carbocycles. The topological polar surface area (TPSA) is 96.3 Å². The van der Waals surface area contributed by atoms with Gasteiger partial charge in [-0.15, -0.1) is 0 Å². The first-order chi connectivity index (χ1) is 19.1. The van der Waals surface area contributed by atoms with E-state index in [9.17, 15) is 19.6 Å². The molecule has 4 aliphatic rings. The number of nitrogens with one attached hydrogen (secondary N) is 1. The van der Waals surface area contributed by atoms with E-state index in [0.717, 1.165) is 50.5 Å². The number of fused-ring (bicyclic) bond motifs is 5. The van der Waals surface area contributed by atoms with Crippen LogP contribution in [0.25, 0.3) is 0 Å². The van der Waals surface area contributed by atoms with Gasteiger partial charge < -0.3 is 10.1 Å². The maximum absolute atomic E-state index is 14.3. The Labute approximate surface area is 247 Å². The fourth-order valence-corrected chi connectivity index (χ4v) is 9.08. The van der Waals surface area contributed by atoms with Crippen LogP contribution < -0.4 is 5.32 Å². The third-order valence-electron chi connectivity index (χ3n) is 12.0. The van der Waals surface area contributed by atoms with E-state index in [-0.39, 0.29) is 57.7 Å². The van der Waals surface area contributed by atoms with Crippen molar-refractivity contribution in [3.63, 3.8) is 0 Å². The zero-order valence-corrected chi connectivity index (χ0v) is 26.3. The van der Waals surface area contributed by atoms with Crippen LogP contribution in [-0.2, 0) is 14.3 Å². The average molecular weight is 563 g/mol.